The van der Waals surface area contributed by atoms with Crippen LogP contribution in [-0.2, 0) is 4.74 Å². The first-order valence-corrected chi connectivity index (χ1v) is 3.97. The van der Waals surface area contributed by atoms with Crippen molar-refractivity contribution in [3.05, 3.63) is 35.8 Å². The maximum Gasteiger partial charge on any atom is 0.706 e. The molecule has 2 rings (SSSR count). The Kier molecular flexibility index (Phi) is 1.65. The van der Waals surface area contributed by atoms with Crippen molar-refractivity contribution in [2.24, 2.45) is 5.92 Å². The molecule has 70 valence electrons. The first kappa shape index (κ1) is 8.29. The van der Waals surface area contributed by atoms with Crippen LogP contribution in [0.25, 0.3) is 0 Å². The molecule has 1 heterocycles. The maximum atomic E-state index is 12.6. The fourth-order valence-electron chi connectivity index (χ4n) is 1.19. The van der Waals surface area contributed by atoms with Gasteiger partial charge in [-0.1, -0.05) is 27.9 Å². The Hall–Kier alpha value is -1.32. The average molecular weight is 187 g/mol. The largest absolute Gasteiger partial charge is 0.706 e. The number of ether oxygens (including phenoxy) is 2. The summed E-state index contributed by atoms with van der Waals surface area (Å²) in [5.41, 5.74) is 0. The van der Waals surface area contributed by atoms with Crippen LogP contribution in [0.3, 0.4) is 0 Å². The third kappa shape index (κ3) is 1.56. The van der Waals surface area contributed by atoms with Gasteiger partial charge in [-0.3, -0.25) is 0 Å². The normalized spacial score (nSPS) is 29.3. The highest BCUT2D eigenvalue weighted by atomic mass is 19.3. The van der Waals surface area contributed by atoms with Gasteiger partial charge in [-0.05, 0) is 12.0 Å². The number of hydrogen-bond donors (Lipinski definition) is 0. The van der Waals surface area contributed by atoms with Crippen LogP contribution in [0.2, 0.25) is 0 Å². The Morgan fingerprint density at radius 2 is 2.08 bits per heavy atom. The molecule has 2 nitrogen and oxygen atoms in total. The predicted octanol–water partition coefficient (Wildman–Crippen LogP) is 2.07. The molecule has 1 aliphatic carbocycles. The summed E-state index contributed by atoms with van der Waals surface area (Å²) in [5, 5.41) is 0. The number of aliphatic hydroxyl groups is 2. The summed E-state index contributed by atoms with van der Waals surface area (Å²) in [4.78, 5) is 0. The Morgan fingerprint density at radius 1 is 1.38 bits per heavy atom. The first-order chi connectivity index (χ1) is 6.07. The van der Waals surface area contributed by atoms with Crippen molar-refractivity contribution in [3.8, 4) is 0 Å². The van der Waals surface area contributed by atoms with Gasteiger partial charge >= 0.3 is 12.1 Å². The molecule has 0 saturated heterocycles. The van der Waals surface area contributed by atoms with E-state index in [1.54, 1.807) is 18.2 Å². The minimum Gasteiger partial charge on any atom is -0.490 e. The minimum atomic E-state index is -3.39. The van der Waals surface area contributed by atoms with Gasteiger partial charge in [0.2, 0.25) is 5.76 Å². The lowest BCUT2D eigenvalue weighted by atomic mass is 10.2. The third-order valence-electron chi connectivity index (χ3n) is 1.84. The summed E-state index contributed by atoms with van der Waals surface area (Å²) < 4.78 is 32.6. The lowest BCUT2D eigenvalue weighted by Crippen LogP contribution is -2.20. The van der Waals surface area contributed by atoms with Crippen molar-refractivity contribution < 1.29 is 18.3 Å². The number of rotatable bonds is 0. The van der Waals surface area contributed by atoms with E-state index in [9.17, 15) is 8.78 Å². The molecule has 0 aromatic heterocycles. The van der Waals surface area contributed by atoms with Gasteiger partial charge in [0.15, 0.2) is 0 Å². The van der Waals surface area contributed by atoms with Gasteiger partial charge in [0.1, 0.15) is 0 Å². The monoisotopic (exact) mass is 187 g/mol. The smallest absolute Gasteiger partial charge is 0.490 e. The van der Waals surface area contributed by atoms with E-state index in [0.717, 1.165) is 0 Å². The minimum absolute atomic E-state index is 0.144. The molecule has 0 aromatic carbocycles. The van der Waals surface area contributed by atoms with E-state index >= 15 is 0 Å². The van der Waals surface area contributed by atoms with Crippen molar-refractivity contribution in [2.45, 2.75) is 13.2 Å². The van der Waals surface area contributed by atoms with E-state index in [1.165, 1.54) is 6.08 Å². The van der Waals surface area contributed by atoms with E-state index < -0.39 is 6.29 Å². The van der Waals surface area contributed by atoms with Gasteiger partial charge in [-0.25, -0.2) is 0 Å². The van der Waals surface area contributed by atoms with Crippen molar-refractivity contribution >= 4 is 0 Å². The highest BCUT2D eigenvalue weighted by Gasteiger charge is 2.50. The summed E-state index contributed by atoms with van der Waals surface area (Å²) in [6, 6.07) is 0. The zero-order chi connectivity index (χ0) is 9.47. The molecule has 0 spiro atoms. The standard InChI is InChI=1S/C9H8F2O2/c1-6-2-4-7-8(5-3-6)13-9(10,11)12-7/h2-6H,1H3/p+1. The molecule has 1 atom stereocenters. The van der Waals surface area contributed by atoms with Crippen molar-refractivity contribution in [1.82, 2.24) is 0 Å². The SMILES string of the molecule is CC1C=CC2=C(C=C1)[OH+]C(F)(F)O2. The van der Waals surface area contributed by atoms with Gasteiger partial charge in [0.05, 0.1) is 0 Å². The Morgan fingerprint density at radius 3 is 2.85 bits per heavy atom. The molecule has 13 heavy (non-hydrogen) atoms. The van der Waals surface area contributed by atoms with E-state index in [-0.39, 0.29) is 17.4 Å². The van der Waals surface area contributed by atoms with Gasteiger partial charge in [0.25, 0.3) is 0 Å². The van der Waals surface area contributed by atoms with Crippen LogP contribution in [0.15, 0.2) is 35.8 Å². The van der Waals surface area contributed by atoms with Crippen LogP contribution < -0.4 is 0 Å². The molecule has 0 aromatic rings. The number of alkyl halides is 2. The van der Waals surface area contributed by atoms with E-state index in [1.807, 2.05) is 6.92 Å². The summed E-state index contributed by atoms with van der Waals surface area (Å²) in [6.45, 7) is 1.95. The Labute approximate surface area is 74.1 Å². The van der Waals surface area contributed by atoms with Gasteiger partial charge in [-0.15, -0.1) is 0 Å². The second kappa shape index (κ2) is 2.58. The highest BCUT2D eigenvalue weighted by Crippen LogP contribution is 2.33. The van der Waals surface area contributed by atoms with Crippen molar-refractivity contribution in [3.63, 3.8) is 0 Å². The molecular weight excluding hydrogens is 178 g/mol. The van der Waals surface area contributed by atoms with Crippen LogP contribution in [0, 0.1) is 5.92 Å². The molecule has 0 radical (unpaired) electrons. The zero-order valence-corrected chi connectivity index (χ0v) is 7.00. The van der Waals surface area contributed by atoms with Crippen LogP contribution in [0.4, 0.5) is 8.78 Å². The summed E-state index contributed by atoms with van der Waals surface area (Å²) in [6.07, 6.45) is 3.29. The van der Waals surface area contributed by atoms with E-state index in [4.69, 9.17) is 0 Å². The molecule has 1 N–H and O–H groups in total. The van der Waals surface area contributed by atoms with Crippen LogP contribution in [0.5, 0.6) is 0 Å². The molecule has 4 heteroatoms. The zero-order valence-electron chi connectivity index (χ0n) is 7.00. The summed E-state index contributed by atoms with van der Waals surface area (Å²) in [5.74, 6) is 0.578. The summed E-state index contributed by atoms with van der Waals surface area (Å²) in [7, 11) is 0. The van der Waals surface area contributed by atoms with Crippen molar-refractivity contribution in [2.75, 3.05) is 0 Å². The predicted molar refractivity (Wildman–Crippen MR) is 42.7 cm³/mol. The quantitative estimate of drug-likeness (QED) is 0.532. The Bertz CT molecular complexity index is 288. The number of hydrogen-bond acceptors (Lipinski definition) is 1. The second-order valence-electron chi connectivity index (χ2n) is 3.03. The first-order valence-electron chi connectivity index (χ1n) is 3.97. The Balaban J connectivity index is 2.27. The van der Waals surface area contributed by atoms with Crippen molar-refractivity contribution in [1.29, 1.82) is 0 Å². The van der Waals surface area contributed by atoms with E-state index in [0.29, 0.717) is 0 Å². The fraction of sp³-hybridized carbons (Fsp3) is 0.333. The average Bonchev–Trinajstić information content (AvgIpc) is 2.23. The third-order valence-corrected chi connectivity index (χ3v) is 1.84. The topological polar surface area (TPSA) is 22.0 Å². The molecule has 1 unspecified atom stereocenters. The lowest BCUT2D eigenvalue weighted by molar-refractivity contribution is -0.398. The van der Waals surface area contributed by atoms with Crippen LogP contribution >= 0.6 is 0 Å². The molecule has 0 bridgehead atoms. The van der Waals surface area contributed by atoms with Crippen LogP contribution in [-0.4, -0.2) is 11.0 Å². The second-order valence-corrected chi connectivity index (χ2v) is 3.03. The molecule has 0 fully saturated rings. The molecule has 2 aliphatic rings. The molecule has 1 aliphatic heterocycles. The van der Waals surface area contributed by atoms with Gasteiger partial charge in [-0.2, -0.15) is 0 Å². The molecular formula is C9H9F2O2+. The van der Waals surface area contributed by atoms with Gasteiger partial charge in [0, 0.05) is 6.08 Å². The number of halogens is 2. The summed E-state index contributed by atoms with van der Waals surface area (Å²) >= 11 is 0. The number of allylic oxidation sites excluding steroid dienone is 4. The van der Waals surface area contributed by atoms with E-state index in [2.05, 4.69) is 9.47 Å². The molecule has 0 saturated carbocycles. The molecule has 0 amide bonds. The van der Waals surface area contributed by atoms with Gasteiger partial charge < -0.3 is 9.47 Å². The highest BCUT2D eigenvalue weighted by molar-refractivity contribution is 5.30. The maximum absolute atomic E-state index is 12.6. The van der Waals surface area contributed by atoms with Crippen LogP contribution in [0.1, 0.15) is 6.92 Å². The lowest BCUT2D eigenvalue weighted by Gasteiger charge is -2.03. The fourth-order valence-corrected chi connectivity index (χ4v) is 1.19.